The average molecular weight is 558 g/mol. The molecule has 2 saturated carbocycles. The molecule has 3 aliphatic rings. The van der Waals surface area contributed by atoms with Crippen molar-refractivity contribution >= 4 is 29.0 Å². The van der Waals surface area contributed by atoms with Crippen molar-refractivity contribution in [3.8, 4) is 5.75 Å². The highest BCUT2D eigenvalue weighted by molar-refractivity contribution is 6.32. The number of methoxy groups -OCH3 is 1. The van der Waals surface area contributed by atoms with E-state index in [9.17, 15) is 34.2 Å². The third-order valence-corrected chi connectivity index (χ3v) is 8.50. The number of ether oxygens (including phenoxy) is 1. The lowest BCUT2D eigenvalue weighted by molar-refractivity contribution is -0.181. The quantitative estimate of drug-likeness (QED) is 0.338. The number of hydrogen-bond acceptors (Lipinski definition) is 10. The second-order valence-corrected chi connectivity index (χ2v) is 12.8. The molecule has 0 aromatic heterocycles. The van der Waals surface area contributed by atoms with Crippen LogP contribution in [0.5, 0.6) is 5.75 Å². The van der Waals surface area contributed by atoms with Gasteiger partial charge in [0.15, 0.2) is 34.7 Å². The summed E-state index contributed by atoms with van der Waals surface area (Å²) >= 11 is 0. The Bertz CT molecular complexity index is 1280. The van der Waals surface area contributed by atoms with Gasteiger partial charge in [0.2, 0.25) is 5.91 Å². The number of fused-ring (bicyclic) bond motifs is 3. The van der Waals surface area contributed by atoms with Crippen LogP contribution in [0.25, 0.3) is 0 Å². The van der Waals surface area contributed by atoms with E-state index in [0.29, 0.717) is 24.2 Å². The lowest BCUT2D eigenvalue weighted by Crippen LogP contribution is -2.74. The largest absolute Gasteiger partial charge is 0.507 e. The fourth-order valence-electron chi connectivity index (χ4n) is 6.81. The van der Waals surface area contributed by atoms with Crippen LogP contribution >= 0.6 is 0 Å². The number of phenolic OH excluding ortho intramolecular Hbond substituents is 1. The first-order chi connectivity index (χ1) is 18.6. The predicted molar refractivity (Wildman–Crippen MR) is 143 cm³/mol. The first-order valence-corrected chi connectivity index (χ1v) is 13.5. The summed E-state index contributed by atoms with van der Waals surface area (Å²) in [6.45, 7) is 7.37. The molecule has 11 heteroatoms. The van der Waals surface area contributed by atoms with E-state index >= 15 is 0 Å². The number of amides is 1. The van der Waals surface area contributed by atoms with Gasteiger partial charge in [-0.1, -0.05) is 20.8 Å². The molecule has 2 fully saturated rings. The zero-order chi connectivity index (χ0) is 29.9. The number of nitrogens with two attached hydrogens (primary N) is 1. The molecule has 1 amide bonds. The Morgan fingerprint density at radius 1 is 1.18 bits per heavy atom. The lowest BCUT2D eigenvalue weighted by Gasteiger charge is -2.52. The van der Waals surface area contributed by atoms with E-state index in [0.717, 1.165) is 5.56 Å². The van der Waals surface area contributed by atoms with Crippen molar-refractivity contribution in [1.29, 1.82) is 0 Å². The van der Waals surface area contributed by atoms with Crippen molar-refractivity contribution in [2.75, 3.05) is 27.7 Å². The summed E-state index contributed by atoms with van der Waals surface area (Å²) in [5.41, 5.74) is 4.35. The van der Waals surface area contributed by atoms with E-state index in [1.165, 1.54) is 12.0 Å². The molecule has 11 nitrogen and oxygen atoms in total. The van der Waals surface area contributed by atoms with Crippen LogP contribution in [0, 0.1) is 29.1 Å². The van der Waals surface area contributed by atoms with E-state index in [2.05, 4.69) is 26.1 Å². The summed E-state index contributed by atoms with van der Waals surface area (Å²) in [6.07, 6.45) is 0.235. The van der Waals surface area contributed by atoms with Gasteiger partial charge in [-0.15, -0.1) is 0 Å². The highest BCUT2D eigenvalue weighted by Gasteiger charge is 2.69. The molecule has 3 aliphatic carbocycles. The summed E-state index contributed by atoms with van der Waals surface area (Å²) in [5, 5.41) is 26.2. The SMILES string of the molecule is COCc1cc(CNCC(C)(C)C)c2c(c1O)C(=O)C1C(=O)C3(O)C(=O)C(C(N)=O)C(=O)C(N(C)C)C3CC1C2. The van der Waals surface area contributed by atoms with E-state index in [1.807, 2.05) is 0 Å². The molecular weight excluding hydrogens is 518 g/mol. The van der Waals surface area contributed by atoms with Gasteiger partial charge in [0.1, 0.15) is 5.75 Å². The van der Waals surface area contributed by atoms with Gasteiger partial charge >= 0.3 is 0 Å². The molecule has 1 aromatic rings. The van der Waals surface area contributed by atoms with E-state index in [4.69, 9.17) is 10.5 Å². The number of carbonyl (C=O) groups excluding carboxylic acids is 5. The normalized spacial score (nSPS) is 30.2. The van der Waals surface area contributed by atoms with Crippen molar-refractivity contribution in [1.82, 2.24) is 10.2 Å². The third kappa shape index (κ3) is 4.68. The molecule has 0 saturated heterocycles. The molecule has 0 heterocycles. The van der Waals surface area contributed by atoms with Gasteiger partial charge in [0, 0.05) is 31.7 Å². The van der Waals surface area contributed by atoms with Gasteiger partial charge in [-0.25, -0.2) is 0 Å². The standard InChI is InChI=1S/C29H39N3O8/c1-28(2,3)12-31-10-14-7-15(11-40-6)22(33)19-16(14)8-13-9-17-21(32(4)5)24(35)20(27(30)38)26(37)29(17,39)25(36)18(13)23(19)34/h7,13,17-18,20-21,31,33,39H,8-12H2,1-6H3,(H2,30,38). The Hall–Kier alpha value is -2.99. The number of ketones is 4. The fraction of sp³-hybridized carbons (Fsp3) is 0.621. The van der Waals surface area contributed by atoms with Crippen LogP contribution in [0.2, 0.25) is 0 Å². The van der Waals surface area contributed by atoms with E-state index in [-0.39, 0.29) is 36.2 Å². The highest BCUT2D eigenvalue weighted by Crippen LogP contribution is 2.51. The molecule has 6 unspecified atom stereocenters. The zero-order valence-electron chi connectivity index (χ0n) is 23.9. The molecule has 0 radical (unpaired) electrons. The van der Waals surface area contributed by atoms with Crippen LogP contribution in [0.1, 0.15) is 54.2 Å². The summed E-state index contributed by atoms with van der Waals surface area (Å²) in [4.78, 5) is 68.2. The third-order valence-electron chi connectivity index (χ3n) is 8.50. The van der Waals surface area contributed by atoms with Crippen LogP contribution in [-0.2, 0) is 43.5 Å². The Balaban J connectivity index is 1.83. The minimum atomic E-state index is -2.74. The number of Topliss-reactive ketones (excluding diaryl/α,β-unsaturated/α-hetero) is 4. The highest BCUT2D eigenvalue weighted by atomic mass is 16.5. The molecule has 1 aromatic carbocycles. The van der Waals surface area contributed by atoms with Gasteiger partial charge in [0.05, 0.1) is 24.1 Å². The first-order valence-electron chi connectivity index (χ1n) is 13.5. The second-order valence-electron chi connectivity index (χ2n) is 12.8. The maximum atomic E-state index is 14.0. The second kappa shape index (κ2) is 10.4. The Kier molecular flexibility index (Phi) is 7.83. The Morgan fingerprint density at radius 2 is 1.82 bits per heavy atom. The molecule has 40 heavy (non-hydrogen) atoms. The minimum absolute atomic E-state index is 0.00246. The molecule has 5 N–H and O–H groups in total. The van der Waals surface area contributed by atoms with Crippen molar-refractivity contribution in [2.24, 2.45) is 34.8 Å². The Morgan fingerprint density at radius 3 is 2.38 bits per heavy atom. The molecule has 0 spiro atoms. The number of aliphatic hydroxyl groups is 1. The van der Waals surface area contributed by atoms with Crippen LogP contribution in [0.3, 0.4) is 0 Å². The van der Waals surface area contributed by atoms with Gasteiger partial charge in [-0.05, 0) is 55.5 Å². The van der Waals surface area contributed by atoms with Crippen molar-refractivity contribution in [2.45, 2.75) is 58.4 Å². The van der Waals surface area contributed by atoms with Crippen LogP contribution in [0.4, 0.5) is 0 Å². The summed E-state index contributed by atoms with van der Waals surface area (Å²) in [5.74, 6) is -10.6. The topological polar surface area (TPSA) is 176 Å². The number of nitrogens with zero attached hydrogens (tertiary/aromatic N) is 1. The van der Waals surface area contributed by atoms with E-state index in [1.54, 1.807) is 20.2 Å². The van der Waals surface area contributed by atoms with Crippen LogP contribution in [-0.4, -0.2) is 83.5 Å². The summed E-state index contributed by atoms with van der Waals surface area (Å²) in [6, 6.07) is 0.655. The van der Waals surface area contributed by atoms with Gasteiger partial charge in [0.25, 0.3) is 0 Å². The van der Waals surface area contributed by atoms with Gasteiger partial charge < -0.3 is 26.0 Å². The predicted octanol–water partition coefficient (Wildman–Crippen LogP) is 0.149. The molecule has 4 rings (SSSR count). The number of likely N-dealkylation sites (N-methyl/N-ethyl adjacent to an activating group) is 1. The van der Waals surface area contributed by atoms with Crippen molar-refractivity contribution in [3.63, 3.8) is 0 Å². The number of benzene rings is 1. The van der Waals surface area contributed by atoms with E-state index < -0.39 is 64.4 Å². The number of carbonyl (C=O) groups is 5. The molecule has 0 aliphatic heterocycles. The number of rotatable bonds is 7. The Labute approximate surface area is 233 Å². The smallest absolute Gasteiger partial charge is 0.235 e. The maximum Gasteiger partial charge on any atom is 0.235 e. The van der Waals surface area contributed by atoms with Gasteiger partial charge in [-0.2, -0.15) is 0 Å². The molecule has 0 bridgehead atoms. The summed E-state index contributed by atoms with van der Waals surface area (Å²) in [7, 11) is 4.58. The first kappa shape index (κ1) is 30.0. The van der Waals surface area contributed by atoms with Crippen LogP contribution in [0.15, 0.2) is 6.07 Å². The number of nitrogens with one attached hydrogen (secondary N) is 1. The van der Waals surface area contributed by atoms with Crippen LogP contribution < -0.4 is 11.1 Å². The van der Waals surface area contributed by atoms with Crippen molar-refractivity contribution < 1.29 is 38.9 Å². The number of hydrogen-bond donors (Lipinski definition) is 4. The molecular formula is C29H39N3O8. The lowest BCUT2D eigenvalue weighted by atomic mass is 9.52. The van der Waals surface area contributed by atoms with Gasteiger partial charge in [-0.3, -0.25) is 28.9 Å². The zero-order valence-corrected chi connectivity index (χ0v) is 23.9. The average Bonchev–Trinajstić information content (AvgIpc) is 2.83. The minimum Gasteiger partial charge on any atom is -0.507 e. The summed E-state index contributed by atoms with van der Waals surface area (Å²) < 4.78 is 5.23. The number of phenols is 1. The molecule has 6 atom stereocenters. The number of primary amides is 1. The number of aromatic hydroxyl groups is 1. The fourth-order valence-corrected chi connectivity index (χ4v) is 6.81. The molecule has 218 valence electrons. The maximum absolute atomic E-state index is 14.0. The monoisotopic (exact) mass is 557 g/mol. The van der Waals surface area contributed by atoms with Crippen molar-refractivity contribution in [3.05, 3.63) is 28.3 Å².